The van der Waals surface area contributed by atoms with Crippen molar-refractivity contribution in [1.82, 2.24) is 15.1 Å². The fourth-order valence-electron chi connectivity index (χ4n) is 2.88. The van der Waals surface area contributed by atoms with E-state index in [-0.39, 0.29) is 24.2 Å². The molecule has 0 unspecified atom stereocenters. The Morgan fingerprint density at radius 3 is 2.69 bits per heavy atom. The fourth-order valence-corrected chi connectivity index (χ4v) is 3.86. The Kier molecular flexibility index (Phi) is 5.53. The molecule has 0 N–H and O–H groups in total. The Morgan fingerprint density at radius 2 is 1.97 bits per heavy atom. The molecular weight excluding hydrogens is 393 g/mol. The third kappa shape index (κ3) is 4.27. The van der Waals surface area contributed by atoms with Crippen molar-refractivity contribution < 1.29 is 18.0 Å². The van der Waals surface area contributed by atoms with Gasteiger partial charge in [0.25, 0.3) is 11.8 Å². The second-order valence-corrected chi connectivity index (χ2v) is 7.46. The van der Waals surface area contributed by atoms with E-state index in [4.69, 9.17) is 8.83 Å². The number of furan rings is 1. The highest BCUT2D eigenvalue weighted by Crippen LogP contribution is 2.29. The molecule has 29 heavy (non-hydrogen) atoms. The van der Waals surface area contributed by atoms with Gasteiger partial charge in [0.05, 0.1) is 17.7 Å². The van der Waals surface area contributed by atoms with Crippen LogP contribution in [0.1, 0.15) is 28.9 Å². The van der Waals surface area contributed by atoms with Gasteiger partial charge in [0.15, 0.2) is 5.76 Å². The molecule has 0 fully saturated rings. The summed E-state index contributed by atoms with van der Waals surface area (Å²) in [7, 11) is 0. The normalized spacial score (nSPS) is 11.0. The van der Waals surface area contributed by atoms with Crippen molar-refractivity contribution in [2.24, 2.45) is 0 Å². The maximum absolute atomic E-state index is 13.1. The van der Waals surface area contributed by atoms with Gasteiger partial charge in [-0.2, -0.15) is 0 Å². The third-order valence-corrected chi connectivity index (χ3v) is 5.37. The molecule has 148 valence electrons. The van der Waals surface area contributed by atoms with Crippen molar-refractivity contribution in [2.75, 3.05) is 6.54 Å². The summed E-state index contributed by atoms with van der Waals surface area (Å²) < 4.78 is 24.0. The van der Waals surface area contributed by atoms with Crippen molar-refractivity contribution in [1.29, 1.82) is 0 Å². The topological polar surface area (TPSA) is 72.4 Å². The van der Waals surface area contributed by atoms with Gasteiger partial charge in [-0.3, -0.25) is 4.79 Å². The number of carbonyl (C=O) groups excluding carboxylic acids is 1. The molecule has 8 heteroatoms. The number of hydrogen-bond acceptors (Lipinski definition) is 6. The Labute approximate surface area is 170 Å². The van der Waals surface area contributed by atoms with Gasteiger partial charge in [0.1, 0.15) is 5.82 Å². The zero-order valence-corrected chi connectivity index (χ0v) is 16.5. The number of carbonyl (C=O) groups is 1. The van der Waals surface area contributed by atoms with Crippen LogP contribution in [0.4, 0.5) is 4.39 Å². The second-order valence-electron chi connectivity index (χ2n) is 6.38. The van der Waals surface area contributed by atoms with Crippen molar-refractivity contribution in [3.8, 4) is 22.1 Å². The van der Waals surface area contributed by atoms with E-state index in [1.165, 1.54) is 29.7 Å². The monoisotopic (exact) mass is 411 g/mol. The molecule has 0 radical (unpaired) electrons. The van der Waals surface area contributed by atoms with E-state index in [1.807, 2.05) is 13.0 Å². The summed E-state index contributed by atoms with van der Waals surface area (Å²) in [5, 5.41) is 8.01. The first kappa shape index (κ1) is 19.1. The minimum Gasteiger partial charge on any atom is -0.459 e. The molecule has 3 heterocycles. The van der Waals surface area contributed by atoms with Crippen LogP contribution in [0.2, 0.25) is 0 Å². The van der Waals surface area contributed by atoms with Gasteiger partial charge >= 0.3 is 0 Å². The van der Waals surface area contributed by atoms with Gasteiger partial charge in [-0.05, 0) is 48.4 Å². The number of halogens is 1. The van der Waals surface area contributed by atoms with E-state index in [9.17, 15) is 9.18 Å². The van der Waals surface area contributed by atoms with Gasteiger partial charge in [-0.1, -0.05) is 19.1 Å². The lowest BCUT2D eigenvalue weighted by Gasteiger charge is -2.19. The Hall–Kier alpha value is -3.26. The van der Waals surface area contributed by atoms with Crippen molar-refractivity contribution in [2.45, 2.75) is 19.9 Å². The van der Waals surface area contributed by atoms with E-state index in [1.54, 1.807) is 35.2 Å². The molecule has 0 bridgehead atoms. The zero-order valence-electron chi connectivity index (χ0n) is 15.7. The van der Waals surface area contributed by atoms with Crippen LogP contribution in [0, 0.1) is 5.82 Å². The molecule has 4 aromatic rings. The number of hydrogen-bond donors (Lipinski definition) is 0. The average Bonchev–Trinajstić information content (AvgIpc) is 3.48. The number of nitrogens with zero attached hydrogens (tertiary/aromatic N) is 3. The molecule has 0 aliphatic heterocycles. The summed E-state index contributed by atoms with van der Waals surface area (Å²) in [6, 6.07) is 13.4. The first-order chi connectivity index (χ1) is 14.1. The number of thiophene rings is 1. The van der Waals surface area contributed by atoms with Crippen LogP contribution in [0.15, 0.2) is 63.6 Å². The molecule has 0 spiro atoms. The molecule has 4 rings (SSSR count). The molecule has 3 aromatic heterocycles. The summed E-state index contributed by atoms with van der Waals surface area (Å²) in [5.74, 6) is 0.712. The summed E-state index contributed by atoms with van der Waals surface area (Å²) in [6.45, 7) is 2.77. The summed E-state index contributed by atoms with van der Waals surface area (Å²) in [6.07, 6.45) is 2.32. The van der Waals surface area contributed by atoms with Crippen LogP contribution in [0.3, 0.4) is 0 Å². The van der Waals surface area contributed by atoms with Crippen LogP contribution in [-0.4, -0.2) is 27.5 Å². The predicted molar refractivity (Wildman–Crippen MR) is 107 cm³/mol. The zero-order chi connectivity index (χ0) is 20.2. The Balaban J connectivity index is 1.51. The first-order valence-electron chi connectivity index (χ1n) is 9.15. The number of amides is 1. The van der Waals surface area contributed by atoms with Crippen molar-refractivity contribution >= 4 is 17.2 Å². The standard InChI is InChI=1S/C21H18FN3O3S/c1-2-11-25(13-19-23-24-20(28-19)16-4-3-12-27-16)21(26)18-10-9-17(29-18)14-5-7-15(22)8-6-14/h3-10,12H,2,11,13H2,1H3. The van der Waals surface area contributed by atoms with E-state index in [0.717, 1.165) is 16.9 Å². The molecule has 6 nitrogen and oxygen atoms in total. The highest BCUT2D eigenvalue weighted by atomic mass is 32.1. The van der Waals surface area contributed by atoms with E-state index in [0.29, 0.717) is 23.1 Å². The minimum absolute atomic E-state index is 0.108. The summed E-state index contributed by atoms with van der Waals surface area (Å²) in [5.41, 5.74) is 0.873. The number of benzene rings is 1. The van der Waals surface area contributed by atoms with Crippen LogP contribution in [-0.2, 0) is 6.54 Å². The SMILES string of the molecule is CCCN(Cc1nnc(-c2ccco2)o1)C(=O)c1ccc(-c2ccc(F)cc2)s1. The second kappa shape index (κ2) is 8.40. The van der Waals surface area contributed by atoms with Gasteiger partial charge < -0.3 is 13.7 Å². The summed E-state index contributed by atoms with van der Waals surface area (Å²) in [4.78, 5) is 16.2. The van der Waals surface area contributed by atoms with Crippen molar-refractivity contribution in [3.05, 3.63) is 71.4 Å². The molecule has 0 aliphatic carbocycles. The molecule has 1 amide bonds. The van der Waals surface area contributed by atoms with Crippen LogP contribution >= 0.6 is 11.3 Å². The molecule has 1 aromatic carbocycles. The fraction of sp³-hybridized carbons (Fsp3) is 0.190. The highest BCUT2D eigenvalue weighted by molar-refractivity contribution is 7.17. The Bertz CT molecular complexity index is 1090. The van der Waals surface area contributed by atoms with Crippen LogP contribution < -0.4 is 0 Å². The number of aromatic nitrogens is 2. The van der Waals surface area contributed by atoms with Gasteiger partial charge in [0, 0.05) is 11.4 Å². The lowest BCUT2D eigenvalue weighted by molar-refractivity contribution is 0.0733. The average molecular weight is 411 g/mol. The Morgan fingerprint density at radius 1 is 1.14 bits per heavy atom. The predicted octanol–water partition coefficient (Wildman–Crippen LogP) is 5.25. The third-order valence-electron chi connectivity index (χ3n) is 4.25. The maximum Gasteiger partial charge on any atom is 0.283 e. The highest BCUT2D eigenvalue weighted by Gasteiger charge is 2.21. The molecule has 0 saturated carbocycles. The van der Waals surface area contributed by atoms with Gasteiger partial charge in [-0.25, -0.2) is 4.39 Å². The molecular formula is C21H18FN3O3S. The lowest BCUT2D eigenvalue weighted by Crippen LogP contribution is -2.30. The first-order valence-corrected chi connectivity index (χ1v) is 9.97. The van der Waals surface area contributed by atoms with Crippen molar-refractivity contribution in [3.63, 3.8) is 0 Å². The van der Waals surface area contributed by atoms with Gasteiger partial charge in [0.2, 0.25) is 5.89 Å². The quantitative estimate of drug-likeness (QED) is 0.415. The van der Waals surface area contributed by atoms with Crippen LogP contribution in [0.25, 0.3) is 22.1 Å². The van der Waals surface area contributed by atoms with E-state index in [2.05, 4.69) is 10.2 Å². The molecule has 0 aliphatic rings. The van der Waals surface area contributed by atoms with Crippen LogP contribution in [0.5, 0.6) is 0 Å². The molecule has 0 saturated heterocycles. The minimum atomic E-state index is -0.288. The largest absolute Gasteiger partial charge is 0.459 e. The summed E-state index contributed by atoms with van der Waals surface area (Å²) >= 11 is 1.37. The number of rotatable bonds is 7. The van der Waals surface area contributed by atoms with E-state index >= 15 is 0 Å². The smallest absolute Gasteiger partial charge is 0.283 e. The van der Waals surface area contributed by atoms with E-state index < -0.39 is 0 Å². The van der Waals surface area contributed by atoms with Gasteiger partial charge in [-0.15, -0.1) is 21.5 Å². The lowest BCUT2D eigenvalue weighted by atomic mass is 10.2. The molecule has 0 atom stereocenters. The maximum atomic E-state index is 13.1.